The van der Waals surface area contributed by atoms with Crippen LogP contribution in [0.15, 0.2) is 66.9 Å². The smallest absolute Gasteiger partial charge is 0.274 e. The van der Waals surface area contributed by atoms with E-state index in [1.807, 2.05) is 31.2 Å². The minimum Gasteiger partial charge on any atom is -0.352 e. The molecule has 0 aliphatic rings. The second-order valence-electron chi connectivity index (χ2n) is 6.49. The second kappa shape index (κ2) is 9.59. The van der Waals surface area contributed by atoms with Gasteiger partial charge in [-0.1, -0.05) is 43.3 Å². The number of hydrogen-bond donors (Lipinski definition) is 2. The predicted molar refractivity (Wildman–Crippen MR) is 110 cm³/mol. The summed E-state index contributed by atoms with van der Waals surface area (Å²) < 4.78 is 13.6. The second-order valence-corrected chi connectivity index (χ2v) is 6.49. The third kappa shape index (κ3) is 5.25. The monoisotopic (exact) mass is 391 g/mol. The Balaban J connectivity index is 1.63. The molecular formula is C23H22FN3O2. The molecule has 0 fully saturated rings. The number of aryl methyl sites for hydroxylation is 1. The lowest BCUT2D eigenvalue weighted by Crippen LogP contribution is -2.26. The van der Waals surface area contributed by atoms with Crippen molar-refractivity contribution in [3.05, 3.63) is 95.1 Å². The van der Waals surface area contributed by atoms with Gasteiger partial charge >= 0.3 is 0 Å². The zero-order valence-corrected chi connectivity index (χ0v) is 16.1. The highest BCUT2D eigenvalue weighted by Crippen LogP contribution is 2.16. The SMILES string of the molecule is CCc1ccccc1NC(=O)c1cc(C(=O)NCCc2ccccc2F)ccn1. The first kappa shape index (κ1) is 20.2. The third-order valence-corrected chi connectivity index (χ3v) is 4.54. The summed E-state index contributed by atoms with van der Waals surface area (Å²) in [5, 5.41) is 5.58. The van der Waals surface area contributed by atoms with E-state index in [0.717, 1.165) is 17.7 Å². The van der Waals surface area contributed by atoms with E-state index in [9.17, 15) is 14.0 Å². The number of anilines is 1. The van der Waals surface area contributed by atoms with Crippen molar-refractivity contribution in [3.63, 3.8) is 0 Å². The average Bonchev–Trinajstić information content (AvgIpc) is 2.75. The largest absolute Gasteiger partial charge is 0.352 e. The van der Waals surface area contributed by atoms with Gasteiger partial charge < -0.3 is 10.6 Å². The molecule has 0 bridgehead atoms. The summed E-state index contributed by atoms with van der Waals surface area (Å²) in [6, 6.07) is 17.0. The number of carbonyl (C=O) groups is 2. The van der Waals surface area contributed by atoms with Crippen LogP contribution in [0.4, 0.5) is 10.1 Å². The molecular weight excluding hydrogens is 369 g/mol. The molecule has 0 aliphatic carbocycles. The Morgan fingerprint density at radius 2 is 1.69 bits per heavy atom. The molecule has 1 heterocycles. The number of aromatic nitrogens is 1. The summed E-state index contributed by atoms with van der Waals surface area (Å²) in [7, 11) is 0. The van der Waals surface area contributed by atoms with Gasteiger partial charge in [0.25, 0.3) is 11.8 Å². The number of benzene rings is 2. The summed E-state index contributed by atoms with van der Waals surface area (Å²) in [6.45, 7) is 2.29. The highest BCUT2D eigenvalue weighted by Gasteiger charge is 2.13. The fourth-order valence-corrected chi connectivity index (χ4v) is 2.95. The minimum atomic E-state index is -0.382. The molecule has 0 saturated heterocycles. The first-order chi connectivity index (χ1) is 14.1. The molecule has 6 heteroatoms. The molecule has 5 nitrogen and oxygen atoms in total. The number of carbonyl (C=O) groups excluding carboxylic acids is 2. The van der Waals surface area contributed by atoms with E-state index in [1.54, 1.807) is 18.2 Å². The van der Waals surface area contributed by atoms with Gasteiger partial charge in [-0.15, -0.1) is 0 Å². The summed E-state index contributed by atoms with van der Waals surface area (Å²) in [5.41, 5.74) is 2.75. The maximum absolute atomic E-state index is 13.6. The number of halogens is 1. The average molecular weight is 391 g/mol. The van der Waals surface area contributed by atoms with Gasteiger partial charge in [-0.3, -0.25) is 14.6 Å². The third-order valence-electron chi connectivity index (χ3n) is 4.54. The van der Waals surface area contributed by atoms with Gasteiger partial charge in [-0.25, -0.2) is 4.39 Å². The first-order valence-corrected chi connectivity index (χ1v) is 9.45. The van der Waals surface area contributed by atoms with E-state index in [2.05, 4.69) is 15.6 Å². The molecule has 2 N–H and O–H groups in total. The molecule has 0 radical (unpaired) electrons. The van der Waals surface area contributed by atoms with Crippen LogP contribution in [0.5, 0.6) is 0 Å². The van der Waals surface area contributed by atoms with Crippen molar-refractivity contribution in [1.29, 1.82) is 0 Å². The number of rotatable bonds is 7. The Labute approximate surface area is 169 Å². The zero-order valence-electron chi connectivity index (χ0n) is 16.1. The molecule has 0 aliphatic heterocycles. The molecule has 3 rings (SSSR count). The Bertz CT molecular complexity index is 1020. The summed E-state index contributed by atoms with van der Waals surface area (Å²) in [4.78, 5) is 29.0. The molecule has 2 amide bonds. The van der Waals surface area contributed by atoms with Crippen LogP contribution in [0.25, 0.3) is 0 Å². The Kier molecular flexibility index (Phi) is 6.68. The van der Waals surface area contributed by atoms with Crippen LogP contribution in [0.1, 0.15) is 38.9 Å². The van der Waals surface area contributed by atoms with Crippen LogP contribution >= 0.6 is 0 Å². The van der Waals surface area contributed by atoms with Crippen molar-refractivity contribution in [2.45, 2.75) is 19.8 Å². The predicted octanol–water partition coefficient (Wildman–Crippen LogP) is 4.01. The summed E-state index contributed by atoms with van der Waals surface area (Å²) in [5.74, 6) is -1.02. The Hall–Kier alpha value is -3.54. The minimum absolute atomic E-state index is 0.151. The van der Waals surface area contributed by atoms with E-state index in [4.69, 9.17) is 0 Å². The van der Waals surface area contributed by atoms with Crippen LogP contribution in [-0.2, 0) is 12.8 Å². The quantitative estimate of drug-likeness (QED) is 0.639. The lowest BCUT2D eigenvalue weighted by Gasteiger charge is -2.10. The van der Waals surface area contributed by atoms with Crippen molar-refractivity contribution in [2.24, 2.45) is 0 Å². The Morgan fingerprint density at radius 1 is 0.966 bits per heavy atom. The Morgan fingerprint density at radius 3 is 2.45 bits per heavy atom. The zero-order chi connectivity index (χ0) is 20.6. The van der Waals surface area contributed by atoms with Gasteiger partial charge in [0.05, 0.1) is 0 Å². The van der Waals surface area contributed by atoms with Crippen molar-refractivity contribution in [1.82, 2.24) is 10.3 Å². The summed E-state index contributed by atoms with van der Waals surface area (Å²) in [6.07, 6.45) is 2.59. The van der Waals surface area contributed by atoms with Crippen molar-refractivity contribution in [2.75, 3.05) is 11.9 Å². The number of para-hydroxylation sites is 1. The van der Waals surface area contributed by atoms with Crippen LogP contribution in [-0.4, -0.2) is 23.3 Å². The lowest BCUT2D eigenvalue weighted by molar-refractivity contribution is 0.0954. The maximum atomic E-state index is 13.6. The molecule has 29 heavy (non-hydrogen) atoms. The fraction of sp³-hybridized carbons (Fsp3) is 0.174. The number of amides is 2. The van der Waals surface area contributed by atoms with E-state index >= 15 is 0 Å². The van der Waals surface area contributed by atoms with Gasteiger partial charge in [-0.2, -0.15) is 0 Å². The van der Waals surface area contributed by atoms with Gasteiger partial charge in [0, 0.05) is 24.0 Å². The summed E-state index contributed by atoms with van der Waals surface area (Å²) >= 11 is 0. The van der Waals surface area contributed by atoms with Crippen LogP contribution in [0, 0.1) is 5.82 Å². The highest BCUT2D eigenvalue weighted by atomic mass is 19.1. The molecule has 0 saturated carbocycles. The highest BCUT2D eigenvalue weighted by molar-refractivity contribution is 6.05. The van der Waals surface area contributed by atoms with E-state index < -0.39 is 0 Å². The van der Waals surface area contributed by atoms with E-state index in [0.29, 0.717) is 17.5 Å². The first-order valence-electron chi connectivity index (χ1n) is 9.45. The fourth-order valence-electron chi connectivity index (χ4n) is 2.95. The van der Waals surface area contributed by atoms with E-state index in [1.165, 1.54) is 24.4 Å². The van der Waals surface area contributed by atoms with Crippen LogP contribution in [0.3, 0.4) is 0 Å². The van der Waals surface area contributed by atoms with Crippen molar-refractivity contribution in [3.8, 4) is 0 Å². The van der Waals surface area contributed by atoms with Crippen LogP contribution in [0.2, 0.25) is 0 Å². The molecule has 3 aromatic rings. The number of pyridine rings is 1. The molecule has 0 spiro atoms. The van der Waals surface area contributed by atoms with Gasteiger partial charge in [0.15, 0.2) is 0 Å². The molecule has 2 aromatic carbocycles. The molecule has 0 unspecified atom stereocenters. The topological polar surface area (TPSA) is 71.1 Å². The lowest BCUT2D eigenvalue weighted by atomic mass is 10.1. The number of nitrogens with one attached hydrogen (secondary N) is 2. The maximum Gasteiger partial charge on any atom is 0.274 e. The van der Waals surface area contributed by atoms with E-state index in [-0.39, 0.29) is 29.9 Å². The van der Waals surface area contributed by atoms with Crippen molar-refractivity contribution < 1.29 is 14.0 Å². The molecule has 1 aromatic heterocycles. The van der Waals surface area contributed by atoms with Gasteiger partial charge in [-0.05, 0) is 48.2 Å². The molecule has 0 atom stereocenters. The number of nitrogens with zero attached hydrogens (tertiary/aromatic N) is 1. The van der Waals surface area contributed by atoms with Gasteiger partial charge in [0.1, 0.15) is 11.5 Å². The number of hydrogen-bond acceptors (Lipinski definition) is 3. The normalized spacial score (nSPS) is 10.4. The standard InChI is InChI=1S/C23H22FN3O2/c1-2-16-7-4-6-10-20(16)27-23(29)21-15-18(12-13-25-21)22(28)26-14-11-17-8-3-5-9-19(17)24/h3-10,12-13,15H,2,11,14H2,1H3,(H,26,28)(H,27,29). The molecule has 148 valence electrons. The van der Waals surface area contributed by atoms with Crippen LogP contribution < -0.4 is 10.6 Å². The van der Waals surface area contributed by atoms with Gasteiger partial charge in [0.2, 0.25) is 0 Å². The van der Waals surface area contributed by atoms with Crippen molar-refractivity contribution >= 4 is 17.5 Å².